The van der Waals surface area contributed by atoms with Crippen molar-refractivity contribution in [3.05, 3.63) is 54.1 Å². The summed E-state index contributed by atoms with van der Waals surface area (Å²) in [5, 5.41) is 12.7. The number of likely N-dealkylation sites (N-methyl/N-ethyl adjacent to an activating group) is 1. The van der Waals surface area contributed by atoms with Crippen LogP contribution in [-0.4, -0.2) is 79.8 Å². The second-order valence-electron chi connectivity index (χ2n) is 8.85. The monoisotopic (exact) mass is 454 g/mol. The first kappa shape index (κ1) is 24.4. The predicted molar refractivity (Wildman–Crippen MR) is 130 cm³/mol. The van der Waals surface area contributed by atoms with Gasteiger partial charge in [-0.25, -0.2) is 4.79 Å². The van der Waals surface area contributed by atoms with Crippen molar-refractivity contribution < 1.29 is 19.4 Å². The summed E-state index contributed by atoms with van der Waals surface area (Å²) >= 11 is 0. The molecule has 1 aliphatic heterocycles. The number of nitrogens with one attached hydrogen (secondary N) is 1. The van der Waals surface area contributed by atoms with Gasteiger partial charge in [-0.3, -0.25) is 4.79 Å². The standard InChI is InChI=1S/C25H34N4O4/c1-17-14-29(18(2)16-30)24(31)20-12-9-13-21(27(3)4)23(20)33-22(17)15-28(5)25(32)26-19-10-7-6-8-11-19/h6-13,17-18,22,30H,14-16H2,1-5H3,(H,26,32)/t17-,18-,22-/m1/s1. The van der Waals surface area contributed by atoms with E-state index in [4.69, 9.17) is 4.74 Å². The maximum Gasteiger partial charge on any atom is 0.321 e. The van der Waals surface area contributed by atoms with E-state index in [2.05, 4.69) is 5.32 Å². The molecule has 0 saturated carbocycles. The zero-order valence-electron chi connectivity index (χ0n) is 20.0. The first-order valence-electron chi connectivity index (χ1n) is 11.2. The lowest BCUT2D eigenvalue weighted by molar-refractivity contribution is 0.0372. The predicted octanol–water partition coefficient (Wildman–Crippen LogP) is 3.14. The lowest BCUT2D eigenvalue weighted by atomic mass is 9.99. The SMILES string of the molecule is C[C@@H]1CN([C@H](C)CO)C(=O)c2cccc(N(C)C)c2O[C@@H]1CN(C)C(=O)Nc1ccccc1. The number of amides is 3. The summed E-state index contributed by atoms with van der Waals surface area (Å²) in [5.41, 5.74) is 1.96. The second-order valence-corrected chi connectivity index (χ2v) is 8.85. The normalized spacial score (nSPS) is 19.0. The number of hydrogen-bond donors (Lipinski definition) is 2. The molecular weight excluding hydrogens is 420 g/mol. The Hall–Kier alpha value is -3.26. The topological polar surface area (TPSA) is 85.4 Å². The number of aliphatic hydroxyl groups excluding tert-OH is 1. The van der Waals surface area contributed by atoms with Gasteiger partial charge in [-0.1, -0.05) is 31.2 Å². The summed E-state index contributed by atoms with van der Waals surface area (Å²) in [4.78, 5) is 31.4. The highest BCUT2D eigenvalue weighted by Gasteiger charge is 2.35. The molecule has 0 unspecified atom stereocenters. The average Bonchev–Trinajstić information content (AvgIpc) is 2.80. The Morgan fingerprint density at radius 2 is 1.88 bits per heavy atom. The van der Waals surface area contributed by atoms with Gasteiger partial charge in [0.2, 0.25) is 0 Å². The molecule has 2 N–H and O–H groups in total. The molecule has 0 bridgehead atoms. The van der Waals surface area contributed by atoms with Gasteiger partial charge in [0, 0.05) is 39.3 Å². The Kier molecular flexibility index (Phi) is 7.81. The summed E-state index contributed by atoms with van der Waals surface area (Å²) < 4.78 is 6.47. The lowest BCUT2D eigenvalue weighted by Crippen LogP contribution is -2.50. The molecule has 0 fully saturated rings. The zero-order valence-corrected chi connectivity index (χ0v) is 20.0. The number of carbonyl (C=O) groups is 2. The lowest BCUT2D eigenvalue weighted by Gasteiger charge is -2.39. The van der Waals surface area contributed by atoms with Crippen LogP contribution in [0.15, 0.2) is 48.5 Å². The number of ether oxygens (including phenoxy) is 1. The quantitative estimate of drug-likeness (QED) is 0.701. The van der Waals surface area contributed by atoms with Crippen LogP contribution in [-0.2, 0) is 0 Å². The van der Waals surface area contributed by atoms with E-state index in [1.54, 1.807) is 22.9 Å². The fourth-order valence-corrected chi connectivity index (χ4v) is 3.89. The molecule has 0 spiro atoms. The van der Waals surface area contributed by atoms with Gasteiger partial charge in [-0.2, -0.15) is 0 Å². The van der Waals surface area contributed by atoms with Gasteiger partial charge < -0.3 is 29.9 Å². The maximum atomic E-state index is 13.4. The number of para-hydroxylation sites is 2. The molecule has 2 aromatic carbocycles. The van der Waals surface area contributed by atoms with E-state index < -0.39 is 0 Å². The van der Waals surface area contributed by atoms with Crippen molar-refractivity contribution in [1.29, 1.82) is 0 Å². The Labute approximate surface area is 195 Å². The van der Waals surface area contributed by atoms with Crippen molar-refractivity contribution >= 4 is 23.3 Å². The molecule has 0 radical (unpaired) electrons. The van der Waals surface area contributed by atoms with Crippen LogP contribution in [0.3, 0.4) is 0 Å². The van der Waals surface area contributed by atoms with Crippen molar-refractivity contribution in [1.82, 2.24) is 9.80 Å². The summed E-state index contributed by atoms with van der Waals surface area (Å²) in [6.45, 7) is 4.44. The minimum absolute atomic E-state index is 0.0849. The molecule has 2 aromatic rings. The summed E-state index contributed by atoms with van der Waals surface area (Å²) in [7, 11) is 5.52. The van der Waals surface area contributed by atoms with Crippen LogP contribution in [0.25, 0.3) is 0 Å². The number of nitrogens with zero attached hydrogens (tertiary/aromatic N) is 3. The van der Waals surface area contributed by atoms with Crippen LogP contribution in [0.5, 0.6) is 5.75 Å². The van der Waals surface area contributed by atoms with Crippen molar-refractivity contribution in [2.75, 3.05) is 51.1 Å². The first-order valence-corrected chi connectivity index (χ1v) is 11.2. The summed E-state index contributed by atoms with van der Waals surface area (Å²) in [6, 6.07) is 14.2. The van der Waals surface area contributed by atoms with Crippen LogP contribution < -0.4 is 15.0 Å². The van der Waals surface area contributed by atoms with Gasteiger partial charge in [0.1, 0.15) is 6.10 Å². The van der Waals surface area contributed by atoms with E-state index in [0.29, 0.717) is 24.4 Å². The molecule has 0 saturated heterocycles. The number of urea groups is 1. The molecule has 3 rings (SSSR count). The highest BCUT2D eigenvalue weighted by Crippen LogP contribution is 2.36. The highest BCUT2D eigenvalue weighted by molar-refractivity contribution is 5.99. The highest BCUT2D eigenvalue weighted by atomic mass is 16.5. The molecule has 178 valence electrons. The molecule has 3 atom stereocenters. The molecule has 1 heterocycles. The Bertz CT molecular complexity index is 966. The average molecular weight is 455 g/mol. The van der Waals surface area contributed by atoms with Crippen molar-refractivity contribution in [3.63, 3.8) is 0 Å². The van der Waals surface area contributed by atoms with Crippen LogP contribution >= 0.6 is 0 Å². The smallest absolute Gasteiger partial charge is 0.321 e. The third-order valence-electron chi connectivity index (χ3n) is 5.98. The molecule has 3 amide bonds. The number of anilines is 2. The third-order valence-corrected chi connectivity index (χ3v) is 5.98. The molecule has 0 aliphatic carbocycles. The number of benzene rings is 2. The van der Waals surface area contributed by atoms with Crippen molar-refractivity contribution in [2.24, 2.45) is 5.92 Å². The Balaban J connectivity index is 1.91. The summed E-state index contributed by atoms with van der Waals surface area (Å²) in [6.07, 6.45) is -0.363. The molecule has 0 aromatic heterocycles. The fourth-order valence-electron chi connectivity index (χ4n) is 3.89. The van der Waals surface area contributed by atoms with Crippen molar-refractivity contribution in [3.8, 4) is 5.75 Å². The Morgan fingerprint density at radius 1 is 1.18 bits per heavy atom. The number of hydrogen-bond acceptors (Lipinski definition) is 5. The molecule has 33 heavy (non-hydrogen) atoms. The molecule has 1 aliphatic rings. The van der Waals surface area contributed by atoms with Gasteiger partial charge in [0.15, 0.2) is 5.75 Å². The minimum atomic E-state index is -0.363. The zero-order chi connectivity index (χ0) is 24.1. The summed E-state index contributed by atoms with van der Waals surface area (Å²) in [5.74, 6) is 0.241. The third kappa shape index (κ3) is 5.57. The van der Waals surface area contributed by atoms with Gasteiger partial charge >= 0.3 is 6.03 Å². The molecule has 8 heteroatoms. The number of rotatable bonds is 6. The van der Waals surface area contributed by atoms with Gasteiger partial charge in [-0.15, -0.1) is 0 Å². The number of carbonyl (C=O) groups excluding carboxylic acids is 2. The van der Waals surface area contributed by atoms with Gasteiger partial charge in [0.05, 0.1) is 30.4 Å². The molecular formula is C25H34N4O4. The van der Waals surface area contributed by atoms with Crippen LogP contribution in [0.4, 0.5) is 16.2 Å². The first-order chi connectivity index (χ1) is 15.7. The van der Waals surface area contributed by atoms with E-state index in [1.807, 2.05) is 75.3 Å². The molecule has 8 nitrogen and oxygen atoms in total. The number of fused-ring (bicyclic) bond motifs is 1. The van der Waals surface area contributed by atoms with E-state index in [9.17, 15) is 14.7 Å². The van der Waals surface area contributed by atoms with E-state index in [-0.39, 0.29) is 36.6 Å². The van der Waals surface area contributed by atoms with E-state index in [1.165, 1.54) is 0 Å². The second kappa shape index (κ2) is 10.6. The van der Waals surface area contributed by atoms with Crippen LogP contribution in [0, 0.1) is 5.92 Å². The van der Waals surface area contributed by atoms with E-state index >= 15 is 0 Å². The number of aliphatic hydroxyl groups is 1. The van der Waals surface area contributed by atoms with E-state index in [0.717, 1.165) is 11.4 Å². The van der Waals surface area contributed by atoms with Gasteiger partial charge in [0.25, 0.3) is 5.91 Å². The van der Waals surface area contributed by atoms with Crippen molar-refractivity contribution in [2.45, 2.75) is 26.0 Å². The van der Waals surface area contributed by atoms with Crippen LogP contribution in [0.1, 0.15) is 24.2 Å². The minimum Gasteiger partial charge on any atom is -0.485 e. The van der Waals surface area contributed by atoms with Gasteiger partial charge in [-0.05, 0) is 31.2 Å². The fraction of sp³-hybridized carbons (Fsp3) is 0.440. The van der Waals surface area contributed by atoms with Crippen LogP contribution in [0.2, 0.25) is 0 Å². The Morgan fingerprint density at radius 3 is 2.52 bits per heavy atom. The largest absolute Gasteiger partial charge is 0.485 e. The maximum absolute atomic E-state index is 13.4.